The van der Waals surface area contributed by atoms with Gasteiger partial charge in [-0.1, -0.05) is 23.7 Å². The van der Waals surface area contributed by atoms with Gasteiger partial charge in [0, 0.05) is 10.7 Å². The maximum Gasteiger partial charge on any atom is 0.0435 e. The van der Waals surface area contributed by atoms with Crippen LogP contribution in [0.25, 0.3) is 5.57 Å². The lowest BCUT2D eigenvalue weighted by Gasteiger charge is -2.04. The quantitative estimate of drug-likeness (QED) is 0.707. The van der Waals surface area contributed by atoms with Crippen molar-refractivity contribution in [2.75, 3.05) is 0 Å². The van der Waals surface area contributed by atoms with Crippen molar-refractivity contribution in [1.29, 1.82) is 5.41 Å². The van der Waals surface area contributed by atoms with Crippen molar-refractivity contribution in [2.24, 2.45) is 0 Å². The van der Waals surface area contributed by atoms with Crippen LogP contribution in [0, 0.1) is 12.3 Å². The molecule has 0 aliphatic heterocycles. The number of hydrogen-bond acceptors (Lipinski definition) is 1. The van der Waals surface area contributed by atoms with Gasteiger partial charge in [-0.3, -0.25) is 0 Å². The minimum atomic E-state index is 0.565. The summed E-state index contributed by atoms with van der Waals surface area (Å²) in [6.07, 6.45) is 1.85. The molecule has 1 aromatic carbocycles. The van der Waals surface area contributed by atoms with E-state index in [0.717, 1.165) is 21.7 Å². The third-order valence-corrected chi connectivity index (χ3v) is 2.47. The van der Waals surface area contributed by atoms with E-state index in [1.807, 2.05) is 38.1 Å². The van der Waals surface area contributed by atoms with E-state index in [0.29, 0.717) is 5.71 Å². The van der Waals surface area contributed by atoms with Gasteiger partial charge in [0.1, 0.15) is 0 Å². The summed E-state index contributed by atoms with van der Waals surface area (Å²) in [4.78, 5) is 0. The highest BCUT2D eigenvalue weighted by Gasteiger charge is 1.99. The third kappa shape index (κ3) is 2.71. The largest absolute Gasteiger partial charge is 0.306 e. The molecular weight excluding hydrogens is 194 g/mol. The van der Waals surface area contributed by atoms with Crippen molar-refractivity contribution < 1.29 is 0 Å². The fourth-order valence-electron chi connectivity index (χ4n) is 1.30. The van der Waals surface area contributed by atoms with E-state index in [2.05, 4.69) is 0 Å². The normalized spacial score (nSPS) is 11.6. The predicted octanol–water partition coefficient (Wildman–Crippen LogP) is 4.09. The van der Waals surface area contributed by atoms with E-state index in [-0.39, 0.29) is 0 Å². The van der Waals surface area contributed by atoms with Crippen molar-refractivity contribution in [2.45, 2.75) is 20.8 Å². The lowest BCUT2D eigenvalue weighted by atomic mass is 10.0. The van der Waals surface area contributed by atoms with Gasteiger partial charge in [0.15, 0.2) is 0 Å². The van der Waals surface area contributed by atoms with E-state index in [1.165, 1.54) is 0 Å². The Morgan fingerprint density at radius 2 is 2.00 bits per heavy atom. The Morgan fingerprint density at radius 1 is 1.36 bits per heavy atom. The number of nitrogens with one attached hydrogen (secondary N) is 1. The number of benzene rings is 1. The van der Waals surface area contributed by atoms with Gasteiger partial charge >= 0.3 is 0 Å². The average molecular weight is 208 g/mol. The Kier molecular flexibility index (Phi) is 3.48. The molecule has 0 saturated carbocycles. The van der Waals surface area contributed by atoms with Gasteiger partial charge in [-0.2, -0.15) is 0 Å². The van der Waals surface area contributed by atoms with Gasteiger partial charge in [-0.15, -0.1) is 0 Å². The van der Waals surface area contributed by atoms with Gasteiger partial charge in [0.25, 0.3) is 0 Å². The molecule has 0 atom stereocenters. The van der Waals surface area contributed by atoms with Crippen LogP contribution in [0.2, 0.25) is 5.02 Å². The van der Waals surface area contributed by atoms with Gasteiger partial charge in [-0.25, -0.2) is 0 Å². The highest BCUT2D eigenvalue weighted by atomic mass is 35.5. The van der Waals surface area contributed by atoms with Gasteiger partial charge in [0.05, 0.1) is 0 Å². The Balaban J connectivity index is 3.09. The Hall–Kier alpha value is -1.08. The molecule has 0 saturated heterocycles. The zero-order valence-electron chi connectivity index (χ0n) is 8.69. The van der Waals surface area contributed by atoms with Gasteiger partial charge in [0.2, 0.25) is 0 Å². The molecule has 1 aromatic rings. The molecule has 0 aliphatic carbocycles. The van der Waals surface area contributed by atoms with Crippen molar-refractivity contribution in [3.8, 4) is 0 Å². The van der Waals surface area contributed by atoms with E-state index in [9.17, 15) is 0 Å². The first-order valence-electron chi connectivity index (χ1n) is 4.50. The average Bonchev–Trinajstić information content (AvgIpc) is 2.08. The second-order valence-electron chi connectivity index (χ2n) is 3.47. The summed E-state index contributed by atoms with van der Waals surface area (Å²) in [7, 11) is 0. The van der Waals surface area contributed by atoms with Crippen LogP contribution in [0.5, 0.6) is 0 Å². The summed E-state index contributed by atoms with van der Waals surface area (Å²) in [5.74, 6) is 0. The highest BCUT2D eigenvalue weighted by molar-refractivity contribution is 6.31. The summed E-state index contributed by atoms with van der Waals surface area (Å²) < 4.78 is 0. The summed E-state index contributed by atoms with van der Waals surface area (Å²) in [6.45, 7) is 5.75. The van der Waals surface area contributed by atoms with E-state index in [4.69, 9.17) is 17.0 Å². The Labute approximate surface area is 89.9 Å². The third-order valence-electron chi connectivity index (χ3n) is 2.05. The van der Waals surface area contributed by atoms with Crippen LogP contribution >= 0.6 is 11.6 Å². The maximum atomic E-state index is 7.37. The summed E-state index contributed by atoms with van der Waals surface area (Å²) in [5, 5.41) is 8.15. The Bertz CT molecular complexity index is 391. The molecule has 0 heterocycles. The smallest absolute Gasteiger partial charge is 0.0435 e. The molecule has 0 bridgehead atoms. The summed E-state index contributed by atoms with van der Waals surface area (Å²) in [6, 6.07) is 5.91. The van der Waals surface area contributed by atoms with Crippen LogP contribution in [0.15, 0.2) is 24.3 Å². The van der Waals surface area contributed by atoms with Gasteiger partial charge in [-0.05, 0) is 49.6 Å². The molecule has 0 spiro atoms. The van der Waals surface area contributed by atoms with Crippen LogP contribution < -0.4 is 0 Å². The molecule has 74 valence electrons. The minimum Gasteiger partial charge on any atom is -0.306 e. The summed E-state index contributed by atoms with van der Waals surface area (Å²) in [5.41, 5.74) is 3.85. The van der Waals surface area contributed by atoms with Crippen LogP contribution in [0.4, 0.5) is 0 Å². The van der Waals surface area contributed by atoms with Crippen LogP contribution in [-0.4, -0.2) is 5.71 Å². The summed E-state index contributed by atoms with van der Waals surface area (Å²) >= 11 is 5.93. The fraction of sp³-hybridized carbons (Fsp3) is 0.250. The molecule has 0 radical (unpaired) electrons. The molecular formula is C12H14ClN. The van der Waals surface area contributed by atoms with Crippen LogP contribution in [0.3, 0.4) is 0 Å². The first kappa shape index (κ1) is 11.0. The number of allylic oxidation sites excluding steroid dienone is 2. The fourth-order valence-corrected chi connectivity index (χ4v) is 1.42. The monoisotopic (exact) mass is 207 g/mol. The van der Waals surface area contributed by atoms with Crippen molar-refractivity contribution >= 4 is 22.9 Å². The second kappa shape index (κ2) is 4.43. The zero-order chi connectivity index (χ0) is 10.7. The predicted molar refractivity (Wildman–Crippen MR) is 63.2 cm³/mol. The first-order chi connectivity index (χ1) is 6.50. The topological polar surface area (TPSA) is 23.9 Å². The number of aryl methyl sites for hydroxylation is 1. The Morgan fingerprint density at radius 3 is 2.50 bits per heavy atom. The molecule has 1 nitrogen and oxygen atoms in total. The van der Waals surface area contributed by atoms with Crippen LogP contribution in [0.1, 0.15) is 25.0 Å². The molecule has 0 unspecified atom stereocenters. The maximum absolute atomic E-state index is 7.37. The minimum absolute atomic E-state index is 0.565. The van der Waals surface area contributed by atoms with E-state index < -0.39 is 0 Å². The first-order valence-corrected chi connectivity index (χ1v) is 4.88. The number of rotatable bonds is 2. The highest BCUT2D eigenvalue weighted by Crippen LogP contribution is 2.21. The SMILES string of the molecule is CC(=N)C=C(C)c1ccc(Cl)c(C)c1. The molecule has 14 heavy (non-hydrogen) atoms. The number of hydrogen-bond donors (Lipinski definition) is 1. The molecule has 0 aromatic heterocycles. The second-order valence-corrected chi connectivity index (χ2v) is 3.88. The molecule has 0 fully saturated rings. The lowest BCUT2D eigenvalue weighted by Crippen LogP contribution is -1.86. The number of halogens is 1. The van der Waals surface area contributed by atoms with Crippen molar-refractivity contribution in [3.63, 3.8) is 0 Å². The van der Waals surface area contributed by atoms with E-state index >= 15 is 0 Å². The van der Waals surface area contributed by atoms with Crippen molar-refractivity contribution in [3.05, 3.63) is 40.4 Å². The van der Waals surface area contributed by atoms with Crippen molar-refractivity contribution in [1.82, 2.24) is 0 Å². The van der Waals surface area contributed by atoms with E-state index in [1.54, 1.807) is 6.92 Å². The molecule has 1 N–H and O–H groups in total. The van der Waals surface area contributed by atoms with Gasteiger partial charge < -0.3 is 5.41 Å². The molecule has 1 rings (SSSR count). The zero-order valence-corrected chi connectivity index (χ0v) is 9.44. The molecule has 0 aliphatic rings. The standard InChI is InChI=1S/C12H14ClN/c1-8(6-10(3)14)11-4-5-12(13)9(2)7-11/h4-7,14H,1-3H3. The lowest BCUT2D eigenvalue weighted by molar-refractivity contribution is 1.43. The van der Waals surface area contributed by atoms with Crippen LogP contribution in [-0.2, 0) is 0 Å². The molecule has 0 amide bonds. The molecule has 2 heteroatoms.